The zero-order chi connectivity index (χ0) is 15.3. The first-order chi connectivity index (χ1) is 9.95. The molecule has 0 spiro atoms. The van der Waals surface area contributed by atoms with Gasteiger partial charge in [0.05, 0.1) is 12.4 Å². The van der Waals surface area contributed by atoms with Crippen LogP contribution in [0.1, 0.15) is 44.9 Å². The van der Waals surface area contributed by atoms with Crippen molar-refractivity contribution in [2.75, 3.05) is 26.0 Å². The maximum Gasteiger partial charge on any atom is 0.221 e. The summed E-state index contributed by atoms with van der Waals surface area (Å²) in [6, 6.07) is 0.280. The third kappa shape index (κ3) is 5.56. The summed E-state index contributed by atoms with van der Waals surface area (Å²) in [6.07, 6.45) is 7.66. The Kier molecular flexibility index (Phi) is 6.01. The first-order valence-corrected chi connectivity index (χ1v) is 9.66. The van der Waals surface area contributed by atoms with E-state index >= 15 is 0 Å². The van der Waals surface area contributed by atoms with E-state index in [2.05, 4.69) is 5.32 Å². The number of amides is 1. The molecule has 7 heteroatoms. The van der Waals surface area contributed by atoms with E-state index in [4.69, 9.17) is 4.74 Å². The SMILES string of the molecule is CS(=O)(=O)N(CCC(=O)NC1CCCC1)CC1CCCO1. The summed E-state index contributed by atoms with van der Waals surface area (Å²) in [5.41, 5.74) is 0. The molecular formula is C14H26N2O4S. The molecule has 0 bridgehead atoms. The highest BCUT2D eigenvalue weighted by Gasteiger charge is 2.25. The second-order valence-electron chi connectivity index (χ2n) is 6.05. The van der Waals surface area contributed by atoms with Gasteiger partial charge in [0, 0.05) is 32.2 Å². The number of rotatable bonds is 7. The van der Waals surface area contributed by atoms with Crippen molar-refractivity contribution in [1.29, 1.82) is 0 Å². The van der Waals surface area contributed by atoms with Gasteiger partial charge in [-0.25, -0.2) is 8.42 Å². The molecule has 0 aromatic rings. The maximum absolute atomic E-state index is 11.9. The van der Waals surface area contributed by atoms with E-state index in [-0.39, 0.29) is 31.0 Å². The molecule has 1 saturated carbocycles. The smallest absolute Gasteiger partial charge is 0.221 e. The number of hydrogen-bond donors (Lipinski definition) is 1. The zero-order valence-corrected chi connectivity index (χ0v) is 13.5. The normalized spacial score (nSPS) is 23.8. The van der Waals surface area contributed by atoms with Crippen molar-refractivity contribution in [2.45, 2.75) is 57.1 Å². The van der Waals surface area contributed by atoms with Crippen LogP contribution >= 0.6 is 0 Å². The Morgan fingerprint density at radius 1 is 1.24 bits per heavy atom. The minimum absolute atomic E-state index is 0.0300. The lowest BCUT2D eigenvalue weighted by atomic mass is 10.2. The Morgan fingerprint density at radius 3 is 2.52 bits per heavy atom. The van der Waals surface area contributed by atoms with Crippen molar-refractivity contribution in [3.63, 3.8) is 0 Å². The van der Waals surface area contributed by atoms with Crippen LogP contribution in [-0.2, 0) is 19.6 Å². The van der Waals surface area contributed by atoms with E-state index in [0.29, 0.717) is 13.2 Å². The molecule has 1 amide bonds. The molecule has 2 rings (SSSR count). The van der Waals surface area contributed by atoms with E-state index in [1.165, 1.54) is 23.4 Å². The van der Waals surface area contributed by atoms with Crippen LogP contribution in [-0.4, -0.2) is 56.7 Å². The second-order valence-corrected chi connectivity index (χ2v) is 8.04. The molecule has 0 aromatic heterocycles. The van der Waals surface area contributed by atoms with Crippen molar-refractivity contribution < 1.29 is 17.9 Å². The molecule has 1 N–H and O–H groups in total. The number of carbonyl (C=O) groups excluding carboxylic acids is 1. The summed E-state index contributed by atoms with van der Waals surface area (Å²) in [4.78, 5) is 11.9. The van der Waals surface area contributed by atoms with Gasteiger partial charge in [0.1, 0.15) is 0 Å². The van der Waals surface area contributed by atoms with Gasteiger partial charge in [0.2, 0.25) is 15.9 Å². The lowest BCUT2D eigenvalue weighted by Gasteiger charge is -2.23. The van der Waals surface area contributed by atoms with Gasteiger partial charge in [-0.15, -0.1) is 0 Å². The first-order valence-electron chi connectivity index (χ1n) is 7.81. The van der Waals surface area contributed by atoms with Gasteiger partial charge in [-0.1, -0.05) is 12.8 Å². The fraction of sp³-hybridized carbons (Fsp3) is 0.929. The van der Waals surface area contributed by atoms with Crippen LogP contribution in [0.5, 0.6) is 0 Å². The molecule has 6 nitrogen and oxygen atoms in total. The highest BCUT2D eigenvalue weighted by molar-refractivity contribution is 7.88. The van der Waals surface area contributed by atoms with Crippen molar-refractivity contribution in [3.05, 3.63) is 0 Å². The Bertz CT molecular complexity index is 440. The van der Waals surface area contributed by atoms with Gasteiger partial charge in [0.15, 0.2) is 0 Å². The Balaban J connectivity index is 1.79. The third-order valence-electron chi connectivity index (χ3n) is 4.21. The molecule has 0 radical (unpaired) electrons. The molecule has 1 saturated heterocycles. The van der Waals surface area contributed by atoms with Crippen LogP contribution < -0.4 is 5.32 Å². The van der Waals surface area contributed by atoms with Crippen LogP contribution in [0.3, 0.4) is 0 Å². The molecule has 21 heavy (non-hydrogen) atoms. The van der Waals surface area contributed by atoms with E-state index in [0.717, 1.165) is 25.7 Å². The minimum atomic E-state index is -3.30. The average molecular weight is 318 g/mol. The van der Waals surface area contributed by atoms with Gasteiger partial charge in [-0.3, -0.25) is 4.79 Å². The molecule has 0 aromatic carbocycles. The molecular weight excluding hydrogens is 292 g/mol. The fourth-order valence-electron chi connectivity index (χ4n) is 3.00. The number of nitrogens with one attached hydrogen (secondary N) is 1. The Morgan fingerprint density at radius 2 is 1.95 bits per heavy atom. The predicted octanol–water partition coefficient (Wildman–Crippen LogP) is 0.876. The highest BCUT2D eigenvalue weighted by Crippen LogP contribution is 2.18. The van der Waals surface area contributed by atoms with Gasteiger partial charge in [-0.2, -0.15) is 4.31 Å². The molecule has 2 fully saturated rings. The van der Waals surface area contributed by atoms with E-state index in [9.17, 15) is 13.2 Å². The number of ether oxygens (including phenoxy) is 1. The second kappa shape index (κ2) is 7.56. The standard InChI is InChI=1S/C14H26N2O4S/c1-21(18,19)16(11-13-7-4-10-20-13)9-8-14(17)15-12-5-2-3-6-12/h12-13H,2-11H2,1H3,(H,15,17). The highest BCUT2D eigenvalue weighted by atomic mass is 32.2. The maximum atomic E-state index is 11.9. The molecule has 122 valence electrons. The van der Waals surface area contributed by atoms with Crippen LogP contribution in [0.15, 0.2) is 0 Å². The van der Waals surface area contributed by atoms with Gasteiger partial charge >= 0.3 is 0 Å². The summed E-state index contributed by atoms with van der Waals surface area (Å²) in [7, 11) is -3.30. The minimum Gasteiger partial charge on any atom is -0.377 e. The number of carbonyl (C=O) groups is 1. The van der Waals surface area contributed by atoms with Crippen LogP contribution in [0.4, 0.5) is 0 Å². The topological polar surface area (TPSA) is 75.7 Å². The predicted molar refractivity (Wildman–Crippen MR) is 80.4 cm³/mol. The fourth-order valence-corrected chi connectivity index (χ4v) is 3.86. The van der Waals surface area contributed by atoms with Gasteiger partial charge in [-0.05, 0) is 25.7 Å². The average Bonchev–Trinajstić information content (AvgIpc) is 3.05. The van der Waals surface area contributed by atoms with Crippen LogP contribution in [0.2, 0.25) is 0 Å². The number of sulfonamides is 1. The van der Waals surface area contributed by atoms with Crippen molar-refractivity contribution in [1.82, 2.24) is 9.62 Å². The summed E-state index contributed by atoms with van der Waals surface area (Å²) < 4.78 is 30.5. The van der Waals surface area contributed by atoms with E-state index < -0.39 is 10.0 Å². The zero-order valence-electron chi connectivity index (χ0n) is 12.7. The first kappa shape index (κ1) is 16.7. The van der Waals surface area contributed by atoms with E-state index in [1.54, 1.807) is 0 Å². The van der Waals surface area contributed by atoms with E-state index in [1.807, 2.05) is 0 Å². The van der Waals surface area contributed by atoms with Gasteiger partial charge in [0.25, 0.3) is 0 Å². The molecule has 1 aliphatic heterocycles. The van der Waals surface area contributed by atoms with Gasteiger partial charge < -0.3 is 10.1 Å². The summed E-state index contributed by atoms with van der Waals surface area (Å²) >= 11 is 0. The number of nitrogens with zero attached hydrogens (tertiary/aromatic N) is 1. The monoisotopic (exact) mass is 318 g/mol. The summed E-state index contributed by atoms with van der Waals surface area (Å²) in [5, 5.41) is 2.99. The van der Waals surface area contributed by atoms with Crippen molar-refractivity contribution in [2.24, 2.45) is 0 Å². The lowest BCUT2D eigenvalue weighted by Crippen LogP contribution is -2.40. The van der Waals surface area contributed by atoms with Crippen LogP contribution in [0, 0.1) is 0 Å². The molecule has 1 unspecified atom stereocenters. The third-order valence-corrected chi connectivity index (χ3v) is 5.48. The number of hydrogen-bond acceptors (Lipinski definition) is 4. The Hall–Kier alpha value is -0.660. The van der Waals surface area contributed by atoms with Crippen LogP contribution in [0.25, 0.3) is 0 Å². The van der Waals surface area contributed by atoms with Crippen molar-refractivity contribution in [3.8, 4) is 0 Å². The molecule has 1 atom stereocenters. The summed E-state index contributed by atoms with van der Waals surface area (Å²) in [6.45, 7) is 1.29. The molecule has 2 aliphatic rings. The Labute approximate surface area is 127 Å². The summed E-state index contributed by atoms with van der Waals surface area (Å²) in [5.74, 6) is -0.0529. The lowest BCUT2D eigenvalue weighted by molar-refractivity contribution is -0.121. The van der Waals surface area contributed by atoms with Crippen molar-refractivity contribution >= 4 is 15.9 Å². The largest absolute Gasteiger partial charge is 0.377 e. The molecule has 1 aliphatic carbocycles. The molecule has 1 heterocycles. The quantitative estimate of drug-likeness (QED) is 0.756.